The maximum Gasteiger partial charge on any atom is 0.340 e. The van der Waals surface area contributed by atoms with Crippen LogP contribution in [-0.2, 0) is 44.6 Å². The predicted molar refractivity (Wildman–Crippen MR) is 293 cm³/mol. The lowest BCUT2D eigenvalue weighted by atomic mass is 10.2. The number of esters is 2. The normalized spacial score (nSPS) is 12.3. The average molecular weight is 1030 g/mol. The van der Waals surface area contributed by atoms with Gasteiger partial charge in [0.1, 0.15) is 12.4 Å². The number of rotatable bonds is 25. The Kier molecular flexibility index (Phi) is 37.4. The quantitative estimate of drug-likeness (QED) is 0.0436. The molecule has 0 aliphatic heterocycles. The molecule has 14 nitrogen and oxygen atoms in total. The van der Waals surface area contributed by atoms with E-state index in [1.54, 1.807) is 76.8 Å². The molecule has 0 aliphatic carbocycles. The Morgan fingerprint density at radius 1 is 0.486 bits per heavy atom. The zero-order valence-electron chi connectivity index (χ0n) is 45.7. The number of amides is 2. The second-order valence-corrected chi connectivity index (χ2v) is 16.5. The molecule has 5 rings (SSSR count). The van der Waals surface area contributed by atoms with Gasteiger partial charge in [0.2, 0.25) is 0 Å². The Labute approximate surface area is 441 Å². The number of hydrogen-bond acceptors (Lipinski definition) is 12. The van der Waals surface area contributed by atoms with Crippen LogP contribution in [0.5, 0.6) is 5.75 Å². The minimum absolute atomic E-state index is 0.0161. The molecule has 5 unspecified atom stereocenters. The highest BCUT2D eigenvalue weighted by Crippen LogP contribution is 2.12. The van der Waals surface area contributed by atoms with Crippen molar-refractivity contribution in [2.75, 3.05) is 68.9 Å². The average Bonchev–Trinajstić information content (AvgIpc) is 3.46. The van der Waals surface area contributed by atoms with Gasteiger partial charge in [-0.1, -0.05) is 138 Å². The summed E-state index contributed by atoms with van der Waals surface area (Å²) in [4.78, 5) is 48.2. The fourth-order valence-corrected chi connectivity index (χ4v) is 6.37. The third kappa shape index (κ3) is 28.8. The molecule has 0 aliphatic rings. The van der Waals surface area contributed by atoms with Crippen molar-refractivity contribution in [2.45, 2.75) is 104 Å². The maximum atomic E-state index is 12.0. The molecule has 0 fully saturated rings. The van der Waals surface area contributed by atoms with Gasteiger partial charge in [-0.25, -0.2) is 9.59 Å². The van der Waals surface area contributed by atoms with Crippen LogP contribution >= 0.6 is 0 Å². The fourth-order valence-electron chi connectivity index (χ4n) is 6.37. The highest BCUT2D eigenvalue weighted by Gasteiger charge is 2.18. The summed E-state index contributed by atoms with van der Waals surface area (Å²) in [7, 11) is 9.97. The van der Waals surface area contributed by atoms with Gasteiger partial charge >= 0.3 is 11.9 Å². The molecule has 14 heteroatoms. The number of para-hydroxylation sites is 1. The zero-order valence-corrected chi connectivity index (χ0v) is 45.7. The molecular weight excluding hydrogens is 941 g/mol. The second kappa shape index (κ2) is 42.1. The van der Waals surface area contributed by atoms with E-state index in [1.807, 2.05) is 124 Å². The summed E-state index contributed by atoms with van der Waals surface area (Å²) in [6, 6.07) is 46.6. The standard InChI is InChI=1S/C13H19NO2.C12H17NO2.C12H16O3.C12H18O2.C11H14O3/c1-4-12(16-3)10-14(2)13(15)11-8-6-5-7-9-11;1-3-11(15-2)9-13-12(14)10-7-5-4-6-8-10;1-3-11(14-2)9-15-12(13)10-7-5-4-6-8-10;1-3-12(13-2)10-14-9-11-7-5-4-6-8-11;1-3-10(13-2)11(12)14-9-7-5-4-6-8-9/h5-9,12H,4,10H2,1-3H3;4-8,11H,3,9H2,1-2H3,(H,13,14);4-8,11H,3,9H2,1-2H3;4-8,12H,3,9-10H2,1-2H3;4-8,10H,3H2,1-2H3. The molecule has 0 bridgehead atoms. The molecule has 1 N–H and O–H groups in total. The van der Waals surface area contributed by atoms with Crippen LogP contribution in [0.4, 0.5) is 0 Å². The molecule has 406 valence electrons. The highest BCUT2D eigenvalue weighted by molar-refractivity contribution is 5.94. The van der Waals surface area contributed by atoms with Gasteiger partial charge in [0.05, 0.1) is 43.2 Å². The SMILES string of the molecule is CCC(CN(C)C(=O)c1ccccc1)OC.CCC(CNC(=O)c1ccccc1)OC.CCC(COC(=O)c1ccccc1)OC.CCC(COCc1ccccc1)OC.CCC(OC)C(=O)Oc1ccccc1. The molecule has 0 saturated carbocycles. The van der Waals surface area contributed by atoms with E-state index in [0.717, 1.165) is 31.2 Å². The Balaban J connectivity index is 0.000000463. The lowest BCUT2D eigenvalue weighted by Crippen LogP contribution is -2.34. The number of nitrogens with one attached hydrogen (secondary N) is 1. The van der Waals surface area contributed by atoms with Crippen LogP contribution in [0.1, 0.15) is 103 Å². The topological polar surface area (TPSA) is 157 Å². The smallest absolute Gasteiger partial charge is 0.340 e. The van der Waals surface area contributed by atoms with Crippen molar-refractivity contribution in [3.05, 3.63) is 174 Å². The third-order valence-corrected chi connectivity index (χ3v) is 11.2. The van der Waals surface area contributed by atoms with Crippen molar-refractivity contribution in [1.29, 1.82) is 0 Å². The van der Waals surface area contributed by atoms with E-state index in [-0.39, 0.29) is 48.2 Å². The number of methoxy groups -OCH3 is 5. The number of carbonyl (C=O) groups is 4. The molecule has 74 heavy (non-hydrogen) atoms. The Hall–Kier alpha value is -6.26. The Morgan fingerprint density at radius 3 is 1.36 bits per heavy atom. The first kappa shape index (κ1) is 65.8. The van der Waals surface area contributed by atoms with Crippen LogP contribution in [0.3, 0.4) is 0 Å². The number of likely N-dealkylation sites (N-methyl/N-ethyl adjacent to an activating group) is 1. The maximum absolute atomic E-state index is 12.0. The molecule has 0 aromatic heterocycles. The van der Waals surface area contributed by atoms with Gasteiger partial charge in [-0.15, -0.1) is 0 Å². The van der Waals surface area contributed by atoms with Crippen molar-refractivity contribution >= 4 is 23.8 Å². The number of carbonyl (C=O) groups excluding carboxylic acids is 4. The number of ether oxygens (including phenoxy) is 8. The van der Waals surface area contributed by atoms with E-state index in [9.17, 15) is 19.2 Å². The van der Waals surface area contributed by atoms with Crippen molar-refractivity contribution in [3.63, 3.8) is 0 Å². The minimum atomic E-state index is -0.477. The van der Waals surface area contributed by atoms with Gasteiger partial charge in [0.15, 0.2) is 6.10 Å². The largest absolute Gasteiger partial charge is 0.459 e. The third-order valence-electron chi connectivity index (χ3n) is 11.2. The molecular formula is C60H84N2O12. The van der Waals surface area contributed by atoms with Crippen molar-refractivity contribution < 1.29 is 57.1 Å². The van der Waals surface area contributed by atoms with Gasteiger partial charge in [-0.2, -0.15) is 0 Å². The molecule has 0 heterocycles. The van der Waals surface area contributed by atoms with Crippen molar-refractivity contribution in [1.82, 2.24) is 10.2 Å². The van der Waals surface area contributed by atoms with E-state index < -0.39 is 6.10 Å². The first-order valence-corrected chi connectivity index (χ1v) is 25.3. The lowest BCUT2D eigenvalue weighted by Gasteiger charge is -2.22. The molecule has 5 atom stereocenters. The summed E-state index contributed by atoms with van der Waals surface area (Å²) in [5.41, 5.74) is 3.18. The lowest BCUT2D eigenvalue weighted by molar-refractivity contribution is -0.145. The summed E-state index contributed by atoms with van der Waals surface area (Å²) in [5, 5.41) is 2.84. The van der Waals surface area contributed by atoms with Gasteiger partial charge < -0.3 is 48.1 Å². The van der Waals surface area contributed by atoms with Crippen LogP contribution in [0.2, 0.25) is 0 Å². The van der Waals surface area contributed by atoms with E-state index in [0.29, 0.717) is 56.2 Å². The molecule has 5 aromatic carbocycles. The summed E-state index contributed by atoms with van der Waals surface area (Å²) >= 11 is 0. The van der Waals surface area contributed by atoms with Crippen LogP contribution in [-0.4, -0.2) is 128 Å². The van der Waals surface area contributed by atoms with Crippen molar-refractivity contribution in [3.8, 4) is 5.75 Å². The van der Waals surface area contributed by atoms with E-state index in [1.165, 1.54) is 12.7 Å². The van der Waals surface area contributed by atoms with Crippen LogP contribution in [0.25, 0.3) is 0 Å². The first-order valence-electron chi connectivity index (χ1n) is 25.3. The van der Waals surface area contributed by atoms with Crippen LogP contribution in [0.15, 0.2) is 152 Å². The van der Waals surface area contributed by atoms with Crippen molar-refractivity contribution in [2.24, 2.45) is 0 Å². The van der Waals surface area contributed by atoms with Crippen LogP contribution < -0.4 is 10.1 Å². The number of benzene rings is 5. The van der Waals surface area contributed by atoms with Gasteiger partial charge in [0.25, 0.3) is 11.8 Å². The zero-order chi connectivity index (χ0) is 54.8. The van der Waals surface area contributed by atoms with Crippen LogP contribution in [0, 0.1) is 0 Å². The monoisotopic (exact) mass is 1020 g/mol. The first-order chi connectivity index (χ1) is 35.9. The Bertz CT molecular complexity index is 2070. The highest BCUT2D eigenvalue weighted by atomic mass is 16.6. The molecule has 5 aromatic rings. The summed E-state index contributed by atoms with van der Waals surface area (Å²) in [6.07, 6.45) is 4.17. The van der Waals surface area contributed by atoms with E-state index in [4.69, 9.17) is 37.9 Å². The second-order valence-electron chi connectivity index (χ2n) is 16.5. The van der Waals surface area contributed by atoms with Gasteiger partial charge in [-0.05, 0) is 86.2 Å². The summed E-state index contributed by atoms with van der Waals surface area (Å²) in [5.74, 6) is -0.109. The molecule has 0 spiro atoms. The van der Waals surface area contributed by atoms with E-state index >= 15 is 0 Å². The van der Waals surface area contributed by atoms with E-state index in [2.05, 4.69) is 31.3 Å². The van der Waals surface area contributed by atoms with Gasteiger partial charge in [0, 0.05) is 66.8 Å². The summed E-state index contributed by atoms with van der Waals surface area (Å²) in [6.45, 7) is 12.9. The summed E-state index contributed by atoms with van der Waals surface area (Å²) < 4.78 is 41.5. The molecule has 0 saturated heterocycles. The Morgan fingerprint density at radius 2 is 0.919 bits per heavy atom. The number of nitrogens with zero attached hydrogens (tertiary/aromatic N) is 1. The van der Waals surface area contributed by atoms with Gasteiger partial charge in [-0.3, -0.25) is 9.59 Å². The predicted octanol–water partition coefficient (Wildman–Crippen LogP) is 10.9. The molecule has 0 radical (unpaired) electrons. The molecule has 2 amide bonds. The fraction of sp³-hybridized carbons (Fsp3) is 0.433. The minimum Gasteiger partial charge on any atom is -0.459 e. The number of hydrogen-bond donors (Lipinski definition) is 1.